The zero-order valence-electron chi connectivity index (χ0n) is 15.5. The van der Waals surface area contributed by atoms with Gasteiger partial charge in [-0.1, -0.05) is 12.1 Å². The molecule has 2 amide bonds. The summed E-state index contributed by atoms with van der Waals surface area (Å²) in [5.74, 6) is -0.347. The lowest BCUT2D eigenvalue weighted by Crippen LogP contribution is -2.32. The molecule has 0 atom stereocenters. The average molecular weight is 381 g/mol. The molecule has 1 aliphatic heterocycles. The maximum absolute atomic E-state index is 12.8. The van der Waals surface area contributed by atoms with Crippen LogP contribution in [-0.2, 0) is 9.59 Å². The van der Waals surface area contributed by atoms with Crippen LogP contribution in [0.1, 0.15) is 19.4 Å². The minimum absolute atomic E-state index is 0.0929. The van der Waals surface area contributed by atoms with Crippen LogP contribution in [0.4, 0.5) is 11.4 Å². The number of non-ortho nitro benzene ring substituents is 1. The Morgan fingerprint density at radius 2 is 1.71 bits per heavy atom. The van der Waals surface area contributed by atoms with Gasteiger partial charge in [0.25, 0.3) is 17.5 Å². The van der Waals surface area contributed by atoms with Crippen LogP contribution in [0, 0.1) is 10.1 Å². The molecule has 1 N–H and O–H groups in total. The number of nitro benzene ring substituents is 1. The molecule has 1 heterocycles. The van der Waals surface area contributed by atoms with Gasteiger partial charge >= 0.3 is 0 Å². The predicted octanol–water partition coefficient (Wildman–Crippen LogP) is 3.21. The van der Waals surface area contributed by atoms with Gasteiger partial charge in [0.2, 0.25) is 0 Å². The fraction of sp³-hybridized carbons (Fsp3) is 0.200. The van der Waals surface area contributed by atoms with E-state index >= 15 is 0 Å². The van der Waals surface area contributed by atoms with Gasteiger partial charge in [-0.25, -0.2) is 0 Å². The molecule has 0 saturated carbocycles. The number of ether oxygens (including phenoxy) is 1. The van der Waals surface area contributed by atoms with Gasteiger partial charge in [-0.3, -0.25) is 24.6 Å². The third-order valence-electron chi connectivity index (χ3n) is 4.30. The van der Waals surface area contributed by atoms with Crippen molar-refractivity contribution >= 4 is 28.8 Å². The Kier molecular flexibility index (Phi) is 5.39. The molecule has 28 heavy (non-hydrogen) atoms. The molecule has 0 unspecified atom stereocenters. The number of hydrogen-bond donors (Lipinski definition) is 1. The summed E-state index contributed by atoms with van der Waals surface area (Å²) in [6.45, 7) is 4.22. The van der Waals surface area contributed by atoms with Crippen LogP contribution in [0.3, 0.4) is 0 Å². The smallest absolute Gasteiger partial charge is 0.278 e. The third kappa shape index (κ3) is 3.44. The number of anilines is 1. The second-order valence-corrected chi connectivity index (χ2v) is 5.96. The second-order valence-electron chi connectivity index (χ2n) is 5.96. The summed E-state index contributed by atoms with van der Waals surface area (Å²) in [6.07, 6.45) is 0. The van der Waals surface area contributed by atoms with E-state index in [0.717, 1.165) is 4.90 Å². The van der Waals surface area contributed by atoms with Crippen LogP contribution in [0.2, 0.25) is 0 Å². The molecule has 0 fully saturated rings. The number of nitrogens with zero attached hydrogens (tertiary/aromatic N) is 2. The van der Waals surface area contributed by atoms with Gasteiger partial charge in [0.05, 0.1) is 22.8 Å². The summed E-state index contributed by atoms with van der Waals surface area (Å²) < 4.78 is 5.58. The van der Waals surface area contributed by atoms with E-state index in [1.54, 1.807) is 25.1 Å². The number of hydrogen-bond acceptors (Lipinski definition) is 6. The normalized spacial score (nSPS) is 13.9. The fourth-order valence-electron chi connectivity index (χ4n) is 2.98. The number of rotatable bonds is 7. The van der Waals surface area contributed by atoms with E-state index in [1.165, 1.54) is 24.3 Å². The monoisotopic (exact) mass is 381 g/mol. The molecule has 0 spiro atoms. The van der Waals surface area contributed by atoms with Crippen molar-refractivity contribution in [3.63, 3.8) is 0 Å². The Balaban J connectivity index is 2.08. The fourth-order valence-corrected chi connectivity index (χ4v) is 2.98. The highest BCUT2D eigenvalue weighted by atomic mass is 16.6. The first-order chi connectivity index (χ1) is 13.5. The lowest BCUT2D eigenvalue weighted by molar-refractivity contribution is -0.384. The third-order valence-corrected chi connectivity index (χ3v) is 4.30. The molecular formula is C20H19N3O5. The van der Waals surface area contributed by atoms with Crippen LogP contribution in [-0.4, -0.2) is 34.8 Å². The molecule has 0 saturated heterocycles. The van der Waals surface area contributed by atoms with Crippen LogP contribution in [0.15, 0.2) is 54.2 Å². The molecule has 0 bridgehead atoms. The molecule has 2 aromatic carbocycles. The quantitative estimate of drug-likeness (QED) is 0.449. The summed E-state index contributed by atoms with van der Waals surface area (Å²) in [7, 11) is 0. The van der Waals surface area contributed by atoms with Crippen molar-refractivity contribution in [3.05, 3.63) is 69.9 Å². The molecule has 1 aliphatic rings. The maximum Gasteiger partial charge on any atom is 0.278 e. The Bertz CT molecular complexity index is 966. The highest BCUT2D eigenvalue weighted by Gasteiger charge is 2.38. The number of carbonyl (C=O) groups excluding carboxylic acids is 2. The van der Waals surface area contributed by atoms with E-state index in [4.69, 9.17) is 4.74 Å². The highest BCUT2D eigenvalue weighted by Crippen LogP contribution is 2.33. The number of para-hydroxylation sites is 2. The van der Waals surface area contributed by atoms with Gasteiger partial charge in [-0.05, 0) is 43.7 Å². The molecule has 144 valence electrons. The van der Waals surface area contributed by atoms with Crippen LogP contribution < -0.4 is 10.1 Å². The molecule has 8 nitrogen and oxygen atoms in total. The van der Waals surface area contributed by atoms with Gasteiger partial charge in [-0.2, -0.15) is 0 Å². The van der Waals surface area contributed by atoms with E-state index in [0.29, 0.717) is 23.6 Å². The molecular weight excluding hydrogens is 362 g/mol. The number of nitrogens with one attached hydrogen (secondary N) is 1. The van der Waals surface area contributed by atoms with Crippen molar-refractivity contribution < 1.29 is 19.2 Å². The molecule has 2 aromatic rings. The van der Waals surface area contributed by atoms with E-state index in [-0.39, 0.29) is 23.5 Å². The predicted molar refractivity (Wildman–Crippen MR) is 104 cm³/mol. The molecule has 0 radical (unpaired) electrons. The Morgan fingerprint density at radius 1 is 1.04 bits per heavy atom. The summed E-state index contributed by atoms with van der Waals surface area (Å²) in [5, 5.41) is 13.9. The van der Waals surface area contributed by atoms with Gasteiger partial charge in [-0.15, -0.1) is 0 Å². The number of nitro groups is 1. The Hall–Kier alpha value is -3.68. The van der Waals surface area contributed by atoms with Gasteiger partial charge in [0.15, 0.2) is 0 Å². The number of imide groups is 1. The van der Waals surface area contributed by atoms with Gasteiger partial charge in [0, 0.05) is 18.7 Å². The van der Waals surface area contributed by atoms with E-state index in [9.17, 15) is 19.7 Å². The summed E-state index contributed by atoms with van der Waals surface area (Å²) in [4.78, 5) is 37.1. The minimum Gasteiger partial charge on any atom is -0.492 e. The minimum atomic E-state index is -0.518. The SMILES string of the molecule is CCOc1ccccc1NC1=C(c2ccc([N+](=O)[O-])cc2)C(=O)N(CC)C1=O. The topological polar surface area (TPSA) is 102 Å². The van der Waals surface area contributed by atoms with E-state index < -0.39 is 16.7 Å². The first kappa shape index (κ1) is 19.1. The van der Waals surface area contributed by atoms with Crippen molar-refractivity contribution in [2.45, 2.75) is 13.8 Å². The largest absolute Gasteiger partial charge is 0.492 e. The van der Waals surface area contributed by atoms with Crippen LogP contribution in [0.25, 0.3) is 5.57 Å². The van der Waals surface area contributed by atoms with Gasteiger partial charge < -0.3 is 10.1 Å². The molecule has 0 aromatic heterocycles. The van der Waals surface area contributed by atoms with Crippen molar-refractivity contribution in [3.8, 4) is 5.75 Å². The standard InChI is InChI=1S/C20H19N3O5/c1-3-22-19(24)17(13-9-11-14(12-10-13)23(26)27)18(20(22)25)21-15-7-5-6-8-16(15)28-4-2/h5-12,21H,3-4H2,1-2H3. The first-order valence-electron chi connectivity index (χ1n) is 8.82. The summed E-state index contributed by atoms with van der Waals surface area (Å²) in [5.41, 5.74) is 1.18. The Morgan fingerprint density at radius 3 is 2.32 bits per heavy atom. The highest BCUT2D eigenvalue weighted by molar-refractivity contribution is 6.36. The van der Waals surface area contributed by atoms with Crippen molar-refractivity contribution in [2.75, 3.05) is 18.5 Å². The van der Waals surface area contributed by atoms with E-state index in [2.05, 4.69) is 5.32 Å². The number of likely N-dealkylation sites (N-methyl/N-ethyl adjacent to an activating group) is 1. The molecule has 0 aliphatic carbocycles. The Labute approximate surface area is 161 Å². The summed E-state index contributed by atoms with van der Waals surface area (Å²) in [6, 6.07) is 12.6. The van der Waals surface area contributed by atoms with Crippen LogP contribution >= 0.6 is 0 Å². The number of carbonyl (C=O) groups is 2. The zero-order valence-corrected chi connectivity index (χ0v) is 15.5. The van der Waals surface area contributed by atoms with Crippen molar-refractivity contribution in [1.82, 2.24) is 4.90 Å². The first-order valence-corrected chi connectivity index (χ1v) is 8.82. The second kappa shape index (κ2) is 7.91. The summed E-state index contributed by atoms with van der Waals surface area (Å²) >= 11 is 0. The van der Waals surface area contributed by atoms with Crippen LogP contribution in [0.5, 0.6) is 5.75 Å². The number of benzene rings is 2. The number of amides is 2. The molecule has 3 rings (SSSR count). The zero-order chi connectivity index (χ0) is 20.3. The average Bonchev–Trinajstić information content (AvgIpc) is 2.93. The van der Waals surface area contributed by atoms with Crippen molar-refractivity contribution in [1.29, 1.82) is 0 Å². The van der Waals surface area contributed by atoms with Gasteiger partial charge in [0.1, 0.15) is 11.4 Å². The lowest BCUT2D eigenvalue weighted by atomic mass is 10.0. The lowest BCUT2D eigenvalue weighted by Gasteiger charge is -2.14. The van der Waals surface area contributed by atoms with E-state index in [1.807, 2.05) is 13.0 Å². The molecule has 8 heteroatoms. The van der Waals surface area contributed by atoms with Crippen molar-refractivity contribution in [2.24, 2.45) is 0 Å². The maximum atomic E-state index is 12.8.